The van der Waals surface area contributed by atoms with Gasteiger partial charge in [0, 0.05) is 30.3 Å². The average molecular weight is 343 g/mol. The van der Waals surface area contributed by atoms with E-state index in [2.05, 4.69) is 32.7 Å². The molecule has 1 aromatic carbocycles. The summed E-state index contributed by atoms with van der Waals surface area (Å²) in [5.41, 5.74) is 1.49. The van der Waals surface area contributed by atoms with Crippen molar-refractivity contribution < 1.29 is 9.32 Å². The Kier molecular flexibility index (Phi) is 5.65. The highest BCUT2D eigenvalue weighted by Crippen LogP contribution is 2.21. The Balaban J connectivity index is 1.52. The molecule has 2 heterocycles. The van der Waals surface area contributed by atoms with Gasteiger partial charge in [-0.3, -0.25) is 0 Å². The summed E-state index contributed by atoms with van der Waals surface area (Å²) in [5, 5.41) is 9.68. The van der Waals surface area contributed by atoms with Crippen molar-refractivity contribution in [2.75, 3.05) is 25.5 Å². The van der Waals surface area contributed by atoms with E-state index in [0.717, 1.165) is 24.9 Å². The maximum absolute atomic E-state index is 12.1. The number of benzene rings is 1. The number of carbonyl (C=O) groups is 1. The number of urea groups is 1. The number of aromatic nitrogens is 2. The number of likely N-dealkylation sites (tertiary alicyclic amines) is 1. The zero-order valence-electron chi connectivity index (χ0n) is 14.8. The van der Waals surface area contributed by atoms with Gasteiger partial charge < -0.3 is 20.1 Å². The minimum Gasteiger partial charge on any atom is -0.338 e. The molecule has 7 heteroatoms. The van der Waals surface area contributed by atoms with E-state index >= 15 is 0 Å². The molecule has 1 atom stereocenters. The SMILES string of the molecule is CCc1noc(-c2cccc(NC(=O)NCC[C@@H]3CCCN3C)c2)n1. The predicted octanol–water partition coefficient (Wildman–Crippen LogP) is 2.90. The fourth-order valence-corrected chi connectivity index (χ4v) is 3.12. The number of hydrogen-bond donors (Lipinski definition) is 2. The monoisotopic (exact) mass is 343 g/mol. The highest BCUT2D eigenvalue weighted by molar-refractivity contribution is 5.89. The van der Waals surface area contributed by atoms with Crippen molar-refractivity contribution in [3.63, 3.8) is 0 Å². The molecule has 3 rings (SSSR count). The van der Waals surface area contributed by atoms with Crippen LogP contribution in [0.2, 0.25) is 0 Å². The van der Waals surface area contributed by atoms with E-state index in [4.69, 9.17) is 4.52 Å². The third-order valence-corrected chi connectivity index (χ3v) is 4.59. The zero-order valence-corrected chi connectivity index (χ0v) is 14.8. The molecule has 1 saturated heterocycles. The average Bonchev–Trinajstić information content (AvgIpc) is 3.24. The van der Waals surface area contributed by atoms with E-state index < -0.39 is 0 Å². The largest absolute Gasteiger partial charge is 0.338 e. The first-order valence-electron chi connectivity index (χ1n) is 8.84. The van der Waals surface area contributed by atoms with Gasteiger partial charge in [0.25, 0.3) is 5.89 Å². The molecule has 2 amide bonds. The maximum atomic E-state index is 12.1. The predicted molar refractivity (Wildman–Crippen MR) is 96.4 cm³/mol. The van der Waals surface area contributed by atoms with Crippen LogP contribution in [-0.4, -0.2) is 47.3 Å². The van der Waals surface area contributed by atoms with Gasteiger partial charge in [-0.25, -0.2) is 4.79 Å². The molecule has 0 unspecified atom stereocenters. The summed E-state index contributed by atoms with van der Waals surface area (Å²) in [6.07, 6.45) is 4.16. The molecule has 25 heavy (non-hydrogen) atoms. The fraction of sp³-hybridized carbons (Fsp3) is 0.500. The van der Waals surface area contributed by atoms with Crippen LogP contribution in [0.15, 0.2) is 28.8 Å². The number of amides is 2. The van der Waals surface area contributed by atoms with Crippen LogP contribution in [-0.2, 0) is 6.42 Å². The molecule has 0 bridgehead atoms. The van der Waals surface area contributed by atoms with Crippen LogP contribution in [0, 0.1) is 0 Å². The lowest BCUT2D eigenvalue weighted by Gasteiger charge is -2.19. The quantitative estimate of drug-likeness (QED) is 0.842. The van der Waals surface area contributed by atoms with Gasteiger partial charge in [-0.1, -0.05) is 18.1 Å². The molecule has 0 aliphatic carbocycles. The van der Waals surface area contributed by atoms with Gasteiger partial charge in [-0.05, 0) is 51.1 Å². The van der Waals surface area contributed by atoms with Crippen LogP contribution in [0.3, 0.4) is 0 Å². The maximum Gasteiger partial charge on any atom is 0.319 e. The van der Waals surface area contributed by atoms with Crippen LogP contribution in [0.4, 0.5) is 10.5 Å². The van der Waals surface area contributed by atoms with Gasteiger partial charge in [0.15, 0.2) is 5.82 Å². The van der Waals surface area contributed by atoms with Crippen LogP contribution < -0.4 is 10.6 Å². The summed E-state index contributed by atoms with van der Waals surface area (Å²) in [7, 11) is 2.14. The second-order valence-electron chi connectivity index (χ2n) is 6.40. The van der Waals surface area contributed by atoms with Crippen molar-refractivity contribution in [2.24, 2.45) is 0 Å². The lowest BCUT2D eigenvalue weighted by molar-refractivity contribution is 0.248. The van der Waals surface area contributed by atoms with Gasteiger partial charge in [0.2, 0.25) is 0 Å². The van der Waals surface area contributed by atoms with Gasteiger partial charge in [-0.15, -0.1) is 0 Å². The Morgan fingerprint density at radius 2 is 2.32 bits per heavy atom. The summed E-state index contributed by atoms with van der Waals surface area (Å²) in [6.45, 7) is 3.80. The van der Waals surface area contributed by atoms with Crippen molar-refractivity contribution in [3.05, 3.63) is 30.1 Å². The highest BCUT2D eigenvalue weighted by Gasteiger charge is 2.20. The lowest BCUT2D eigenvalue weighted by atomic mass is 10.1. The third kappa shape index (κ3) is 4.57. The zero-order chi connectivity index (χ0) is 17.6. The Bertz CT molecular complexity index is 715. The Morgan fingerprint density at radius 3 is 3.04 bits per heavy atom. The van der Waals surface area contributed by atoms with Gasteiger partial charge in [0.05, 0.1) is 0 Å². The van der Waals surface area contributed by atoms with Crippen LogP contribution in [0.25, 0.3) is 11.5 Å². The molecule has 0 radical (unpaired) electrons. The topological polar surface area (TPSA) is 83.3 Å². The van der Waals surface area contributed by atoms with Gasteiger partial charge >= 0.3 is 6.03 Å². The van der Waals surface area contributed by atoms with Crippen molar-refractivity contribution in [3.8, 4) is 11.5 Å². The van der Waals surface area contributed by atoms with E-state index in [9.17, 15) is 4.79 Å². The minimum absolute atomic E-state index is 0.197. The van der Waals surface area contributed by atoms with Crippen LogP contribution in [0.1, 0.15) is 32.0 Å². The van der Waals surface area contributed by atoms with Crippen LogP contribution in [0.5, 0.6) is 0 Å². The van der Waals surface area contributed by atoms with Gasteiger partial charge in [-0.2, -0.15) is 4.98 Å². The number of anilines is 1. The molecule has 1 fully saturated rings. The number of carbonyl (C=O) groups excluding carboxylic acids is 1. The van der Waals surface area contributed by atoms with E-state index in [0.29, 0.717) is 30.0 Å². The molecular formula is C18H25N5O2. The highest BCUT2D eigenvalue weighted by atomic mass is 16.5. The first kappa shape index (κ1) is 17.4. The molecule has 2 aromatic rings. The molecule has 1 aliphatic rings. The third-order valence-electron chi connectivity index (χ3n) is 4.59. The molecule has 134 valence electrons. The second kappa shape index (κ2) is 8.11. The smallest absolute Gasteiger partial charge is 0.319 e. The number of aryl methyl sites for hydroxylation is 1. The Hall–Kier alpha value is -2.41. The Morgan fingerprint density at radius 1 is 1.44 bits per heavy atom. The van der Waals surface area contributed by atoms with Crippen molar-refractivity contribution in [1.29, 1.82) is 0 Å². The first-order valence-corrected chi connectivity index (χ1v) is 8.84. The van der Waals surface area contributed by atoms with Crippen molar-refractivity contribution in [1.82, 2.24) is 20.4 Å². The second-order valence-corrected chi connectivity index (χ2v) is 6.40. The standard InChI is InChI=1S/C18H25N5O2/c1-3-16-21-17(25-22-16)13-6-4-7-14(12-13)20-18(24)19-10-9-15-8-5-11-23(15)2/h4,6-7,12,15H,3,5,8-11H2,1-2H3,(H2,19,20,24)/t15-/m0/s1. The number of hydrogen-bond acceptors (Lipinski definition) is 5. The van der Waals surface area contributed by atoms with Gasteiger partial charge in [0.1, 0.15) is 0 Å². The molecule has 1 aliphatic heterocycles. The number of nitrogens with zero attached hydrogens (tertiary/aromatic N) is 3. The molecule has 2 N–H and O–H groups in total. The normalized spacial score (nSPS) is 17.6. The Labute approximate surface area is 147 Å². The molecule has 7 nitrogen and oxygen atoms in total. The van der Waals surface area contributed by atoms with E-state index in [1.165, 1.54) is 12.8 Å². The van der Waals surface area contributed by atoms with Crippen molar-refractivity contribution in [2.45, 2.75) is 38.6 Å². The number of nitrogens with one attached hydrogen (secondary N) is 2. The summed E-state index contributed by atoms with van der Waals surface area (Å²) >= 11 is 0. The van der Waals surface area contributed by atoms with E-state index in [-0.39, 0.29) is 6.03 Å². The summed E-state index contributed by atoms with van der Waals surface area (Å²) in [4.78, 5) is 18.7. The van der Waals surface area contributed by atoms with E-state index in [1.807, 2.05) is 31.2 Å². The molecular weight excluding hydrogens is 318 g/mol. The number of rotatable bonds is 6. The summed E-state index contributed by atoms with van der Waals surface area (Å²) < 4.78 is 5.24. The van der Waals surface area contributed by atoms with Crippen molar-refractivity contribution >= 4 is 11.7 Å². The fourth-order valence-electron chi connectivity index (χ4n) is 3.12. The molecule has 0 spiro atoms. The first-order chi connectivity index (χ1) is 12.2. The molecule has 0 saturated carbocycles. The van der Waals surface area contributed by atoms with Crippen LogP contribution >= 0.6 is 0 Å². The lowest BCUT2D eigenvalue weighted by Crippen LogP contribution is -2.34. The van der Waals surface area contributed by atoms with E-state index in [1.54, 1.807) is 0 Å². The summed E-state index contributed by atoms with van der Waals surface area (Å²) in [5.74, 6) is 1.13. The molecule has 1 aromatic heterocycles. The summed E-state index contributed by atoms with van der Waals surface area (Å²) in [6, 6.07) is 7.79. The minimum atomic E-state index is -0.197.